The van der Waals surface area contributed by atoms with Gasteiger partial charge in [-0.1, -0.05) is 11.8 Å². The highest BCUT2D eigenvalue weighted by Gasteiger charge is 2.47. The van der Waals surface area contributed by atoms with Crippen LogP contribution in [0.2, 0.25) is 0 Å². The van der Waals surface area contributed by atoms with Crippen LogP contribution < -0.4 is 5.32 Å². The molecule has 0 aliphatic carbocycles. The van der Waals surface area contributed by atoms with Crippen LogP contribution in [0.25, 0.3) is 0 Å². The third-order valence-electron chi connectivity index (χ3n) is 3.62. The fraction of sp³-hybridized carbons (Fsp3) is 0.286. The van der Waals surface area contributed by atoms with Crippen molar-refractivity contribution in [1.82, 2.24) is 14.8 Å². The van der Waals surface area contributed by atoms with Gasteiger partial charge in [0.25, 0.3) is 5.91 Å². The van der Waals surface area contributed by atoms with Gasteiger partial charge in [0, 0.05) is 20.3 Å². The van der Waals surface area contributed by atoms with Crippen LogP contribution in [-0.2, 0) is 9.59 Å². The molecule has 7 nitrogen and oxygen atoms in total. The van der Waals surface area contributed by atoms with Crippen molar-refractivity contribution in [2.24, 2.45) is 5.92 Å². The van der Waals surface area contributed by atoms with Gasteiger partial charge < -0.3 is 10.2 Å². The van der Waals surface area contributed by atoms with Crippen LogP contribution in [0.15, 0.2) is 35.5 Å². The van der Waals surface area contributed by atoms with E-state index in [0.717, 1.165) is 4.90 Å². The van der Waals surface area contributed by atoms with Crippen molar-refractivity contribution in [2.75, 3.05) is 19.4 Å². The lowest BCUT2D eigenvalue weighted by molar-refractivity contribution is -0.133. The average Bonchev–Trinajstić information content (AvgIpc) is 2.97. The fourth-order valence-electron chi connectivity index (χ4n) is 2.42. The number of pyridine rings is 1. The topological polar surface area (TPSA) is 82.6 Å². The monoisotopic (exact) mass is 318 g/mol. The Morgan fingerprint density at radius 3 is 2.82 bits per heavy atom. The summed E-state index contributed by atoms with van der Waals surface area (Å²) in [4.78, 5) is 43.3. The molecule has 1 N–H and O–H groups in total. The van der Waals surface area contributed by atoms with Crippen molar-refractivity contribution < 1.29 is 14.4 Å². The molecule has 114 valence electrons. The lowest BCUT2D eigenvalue weighted by Crippen LogP contribution is -2.56. The summed E-state index contributed by atoms with van der Waals surface area (Å²) in [5.41, 5.74) is 0.580. The number of carbonyl (C=O) groups is 3. The fourth-order valence-corrected chi connectivity index (χ4v) is 3.66. The summed E-state index contributed by atoms with van der Waals surface area (Å²) >= 11 is 1.23. The van der Waals surface area contributed by atoms with E-state index < -0.39 is 5.92 Å². The molecule has 1 aromatic heterocycles. The number of hydrogen-bond donors (Lipinski definition) is 1. The minimum absolute atomic E-state index is 0.287. The molecule has 0 bridgehead atoms. The number of urea groups is 1. The predicted octanol–water partition coefficient (Wildman–Crippen LogP) is 1.12. The van der Waals surface area contributed by atoms with E-state index in [1.165, 1.54) is 23.7 Å². The number of nitrogens with zero attached hydrogens (tertiary/aromatic N) is 3. The third-order valence-corrected chi connectivity index (χ3v) is 5.04. The second-order valence-corrected chi connectivity index (χ2v) is 6.21. The lowest BCUT2D eigenvalue weighted by atomic mass is 10.0. The van der Waals surface area contributed by atoms with Crippen molar-refractivity contribution in [2.45, 2.75) is 5.37 Å². The molecule has 0 saturated carbocycles. The zero-order valence-corrected chi connectivity index (χ0v) is 12.8. The number of imide groups is 1. The van der Waals surface area contributed by atoms with Gasteiger partial charge in [0.2, 0.25) is 5.91 Å². The number of nitrogens with one attached hydrogen (secondary N) is 1. The summed E-state index contributed by atoms with van der Waals surface area (Å²) in [7, 11) is 3.08. The lowest BCUT2D eigenvalue weighted by Gasteiger charge is -2.37. The first-order valence-electron chi connectivity index (χ1n) is 6.63. The molecule has 4 amide bonds. The molecule has 0 aromatic carbocycles. The molecular formula is C14H14N4O3S. The van der Waals surface area contributed by atoms with Crippen molar-refractivity contribution in [1.29, 1.82) is 0 Å². The van der Waals surface area contributed by atoms with Crippen LogP contribution >= 0.6 is 11.8 Å². The van der Waals surface area contributed by atoms with Crippen LogP contribution in [-0.4, -0.2) is 52.1 Å². The van der Waals surface area contributed by atoms with Crippen LogP contribution in [0.3, 0.4) is 0 Å². The summed E-state index contributed by atoms with van der Waals surface area (Å²) in [5.74, 6) is -1.08. The Hall–Kier alpha value is -2.35. The molecular weight excluding hydrogens is 304 g/mol. The Morgan fingerprint density at radius 1 is 1.36 bits per heavy atom. The maximum absolute atomic E-state index is 12.3. The maximum atomic E-state index is 12.3. The number of aromatic nitrogens is 1. The number of amides is 4. The van der Waals surface area contributed by atoms with E-state index in [4.69, 9.17) is 0 Å². The molecule has 1 fully saturated rings. The van der Waals surface area contributed by atoms with E-state index >= 15 is 0 Å². The number of rotatable bonds is 2. The molecule has 1 saturated heterocycles. The first-order valence-corrected chi connectivity index (χ1v) is 7.51. The first-order chi connectivity index (χ1) is 10.5. The molecule has 1 aromatic rings. The van der Waals surface area contributed by atoms with Crippen LogP contribution in [0.5, 0.6) is 0 Å². The smallest absolute Gasteiger partial charge is 0.320 e. The van der Waals surface area contributed by atoms with Crippen molar-refractivity contribution >= 4 is 35.3 Å². The number of anilines is 1. The molecule has 22 heavy (non-hydrogen) atoms. The van der Waals surface area contributed by atoms with Gasteiger partial charge in [-0.2, -0.15) is 0 Å². The van der Waals surface area contributed by atoms with Gasteiger partial charge in [0.05, 0.1) is 28.1 Å². The second-order valence-electron chi connectivity index (χ2n) is 5.05. The molecule has 3 heterocycles. The van der Waals surface area contributed by atoms with E-state index in [9.17, 15) is 14.4 Å². The number of fused-ring (bicyclic) bond motifs is 1. The van der Waals surface area contributed by atoms with Gasteiger partial charge in [-0.15, -0.1) is 0 Å². The van der Waals surface area contributed by atoms with Crippen molar-refractivity contribution in [3.8, 4) is 0 Å². The zero-order chi connectivity index (χ0) is 15.9. The summed E-state index contributed by atoms with van der Waals surface area (Å²) in [6.07, 6.45) is 4.78. The first kappa shape index (κ1) is 14.6. The molecule has 0 spiro atoms. The molecule has 2 aliphatic rings. The molecule has 0 radical (unpaired) electrons. The maximum Gasteiger partial charge on any atom is 0.327 e. The largest absolute Gasteiger partial charge is 0.327 e. The number of carbonyl (C=O) groups excluding carboxylic acids is 3. The minimum Gasteiger partial charge on any atom is -0.320 e. The highest BCUT2D eigenvalue weighted by atomic mass is 32.2. The van der Waals surface area contributed by atoms with Crippen molar-refractivity contribution in [3.63, 3.8) is 0 Å². The quantitative estimate of drug-likeness (QED) is 0.883. The van der Waals surface area contributed by atoms with Gasteiger partial charge in [0.1, 0.15) is 0 Å². The van der Waals surface area contributed by atoms with Gasteiger partial charge in [-0.3, -0.25) is 19.5 Å². The Balaban J connectivity index is 1.79. The summed E-state index contributed by atoms with van der Waals surface area (Å²) in [6.45, 7) is 0. The van der Waals surface area contributed by atoms with E-state index in [0.29, 0.717) is 10.6 Å². The van der Waals surface area contributed by atoms with Gasteiger partial charge in [-0.05, 0) is 18.2 Å². The molecule has 3 rings (SSSR count). The third kappa shape index (κ3) is 2.35. The molecule has 8 heteroatoms. The summed E-state index contributed by atoms with van der Waals surface area (Å²) in [6, 6.07) is 3.09. The van der Waals surface area contributed by atoms with Gasteiger partial charge in [-0.25, -0.2) is 4.79 Å². The van der Waals surface area contributed by atoms with Gasteiger partial charge >= 0.3 is 6.03 Å². The minimum atomic E-state index is -0.493. The Bertz CT molecular complexity index is 676. The predicted molar refractivity (Wildman–Crippen MR) is 81.7 cm³/mol. The average molecular weight is 318 g/mol. The molecule has 2 unspecified atom stereocenters. The van der Waals surface area contributed by atoms with E-state index in [2.05, 4.69) is 10.3 Å². The van der Waals surface area contributed by atoms with Crippen LogP contribution in [0, 0.1) is 5.92 Å². The Morgan fingerprint density at radius 2 is 2.14 bits per heavy atom. The summed E-state index contributed by atoms with van der Waals surface area (Å²) < 4.78 is 0. The number of hydrogen-bond acceptors (Lipinski definition) is 5. The SMILES string of the molecule is CN1C(=O)C2C=C(C(=O)Nc3cccnc3)SC2N(C)C1=O. The van der Waals surface area contributed by atoms with E-state index in [1.807, 2.05) is 0 Å². The second kappa shape index (κ2) is 5.45. The summed E-state index contributed by atoms with van der Waals surface area (Å²) in [5, 5.41) is 2.36. The van der Waals surface area contributed by atoms with E-state index in [-0.39, 0.29) is 23.2 Å². The standard InChI is InChI=1S/C14H14N4O3S/c1-17-12(20)9-6-10(22-13(9)18(2)14(17)21)11(19)16-8-4-3-5-15-7-8/h3-7,9,13H,1-2H3,(H,16,19). The molecule has 2 aliphatic heterocycles. The van der Waals surface area contributed by atoms with E-state index in [1.54, 1.807) is 37.7 Å². The Kier molecular flexibility index (Phi) is 3.61. The normalized spacial score (nSPS) is 24.2. The molecule has 2 atom stereocenters. The zero-order valence-electron chi connectivity index (χ0n) is 12.0. The Labute approximate surface area is 131 Å². The highest BCUT2D eigenvalue weighted by molar-refractivity contribution is 8.04. The van der Waals surface area contributed by atoms with Crippen LogP contribution in [0.1, 0.15) is 0 Å². The van der Waals surface area contributed by atoms with Gasteiger partial charge in [0.15, 0.2) is 0 Å². The number of thioether (sulfide) groups is 1. The highest BCUT2D eigenvalue weighted by Crippen LogP contribution is 2.41. The van der Waals surface area contributed by atoms with Crippen molar-refractivity contribution in [3.05, 3.63) is 35.5 Å². The van der Waals surface area contributed by atoms with Crippen LogP contribution in [0.4, 0.5) is 10.5 Å².